The molecule has 0 spiro atoms. The van der Waals surface area contributed by atoms with Gasteiger partial charge in [-0.2, -0.15) is 0 Å². The second kappa shape index (κ2) is 4.25. The van der Waals surface area contributed by atoms with Gasteiger partial charge in [-0.05, 0) is 54.5 Å². The number of aryl methyl sites for hydroxylation is 3. The Morgan fingerprint density at radius 1 is 1.06 bits per heavy atom. The lowest BCUT2D eigenvalue weighted by Gasteiger charge is -2.10. The maximum absolute atomic E-state index is 6.08. The number of nitrogens with two attached hydrogens (primary N) is 1. The molecule has 0 aromatic heterocycles. The first kappa shape index (κ1) is 11.5. The van der Waals surface area contributed by atoms with E-state index >= 15 is 0 Å². The highest BCUT2D eigenvalue weighted by Gasteiger charge is 2.19. The van der Waals surface area contributed by atoms with Crippen LogP contribution in [0.3, 0.4) is 0 Å². The molecule has 1 nitrogen and oxygen atoms in total. The maximum atomic E-state index is 6.08. The van der Waals surface area contributed by atoms with Gasteiger partial charge in [-0.1, -0.05) is 42.0 Å². The summed E-state index contributed by atoms with van der Waals surface area (Å²) in [5.74, 6) is 0. The summed E-state index contributed by atoms with van der Waals surface area (Å²) >= 11 is 0. The topological polar surface area (TPSA) is 26.0 Å². The molecular weight excluding hydrogens is 218 g/mol. The first-order valence-electron chi connectivity index (χ1n) is 6.61. The van der Waals surface area contributed by atoms with Crippen LogP contribution < -0.4 is 5.73 Å². The lowest BCUT2D eigenvalue weighted by Crippen LogP contribution is -2.04. The van der Waals surface area contributed by atoms with Crippen LogP contribution in [0.4, 0.5) is 0 Å². The number of benzene rings is 2. The van der Waals surface area contributed by atoms with E-state index in [4.69, 9.17) is 5.73 Å². The zero-order valence-corrected chi connectivity index (χ0v) is 11.0. The van der Waals surface area contributed by atoms with E-state index in [1.807, 2.05) is 0 Å². The number of rotatable bonds is 1. The fourth-order valence-electron chi connectivity index (χ4n) is 2.96. The molecular formula is C17H19N. The molecule has 0 fully saturated rings. The third-order valence-corrected chi connectivity index (χ3v) is 3.96. The van der Waals surface area contributed by atoms with Gasteiger partial charge in [-0.25, -0.2) is 0 Å². The summed E-state index contributed by atoms with van der Waals surface area (Å²) in [6.07, 6.45) is 2.21. The Labute approximate surface area is 109 Å². The predicted octanol–water partition coefficient (Wildman–Crippen LogP) is 3.92. The van der Waals surface area contributed by atoms with Crippen molar-refractivity contribution in [2.24, 2.45) is 5.73 Å². The molecule has 1 aliphatic rings. The Bertz CT molecular complexity index is 599. The van der Waals surface area contributed by atoms with Crippen molar-refractivity contribution in [3.63, 3.8) is 0 Å². The minimum absolute atomic E-state index is 0.244. The molecule has 1 aliphatic carbocycles. The van der Waals surface area contributed by atoms with Gasteiger partial charge in [0.2, 0.25) is 0 Å². The zero-order chi connectivity index (χ0) is 12.7. The lowest BCUT2D eigenvalue weighted by atomic mass is 9.96. The smallest absolute Gasteiger partial charge is 0.0300 e. The van der Waals surface area contributed by atoms with Crippen LogP contribution in [-0.2, 0) is 6.42 Å². The van der Waals surface area contributed by atoms with E-state index in [-0.39, 0.29) is 6.04 Å². The summed E-state index contributed by atoms with van der Waals surface area (Å²) in [6, 6.07) is 13.6. The fourth-order valence-corrected chi connectivity index (χ4v) is 2.96. The first-order valence-corrected chi connectivity index (χ1v) is 6.61. The van der Waals surface area contributed by atoms with E-state index in [1.54, 1.807) is 0 Å². The van der Waals surface area contributed by atoms with Crippen molar-refractivity contribution in [1.29, 1.82) is 0 Å². The van der Waals surface area contributed by atoms with Gasteiger partial charge in [0.05, 0.1) is 0 Å². The molecule has 0 saturated carbocycles. The van der Waals surface area contributed by atoms with Crippen LogP contribution in [0.25, 0.3) is 11.1 Å². The van der Waals surface area contributed by atoms with Crippen molar-refractivity contribution in [2.75, 3.05) is 0 Å². The van der Waals surface area contributed by atoms with Crippen molar-refractivity contribution in [3.8, 4) is 11.1 Å². The molecule has 2 N–H and O–H groups in total. The summed E-state index contributed by atoms with van der Waals surface area (Å²) in [5, 5.41) is 0. The van der Waals surface area contributed by atoms with Crippen LogP contribution in [-0.4, -0.2) is 0 Å². The highest BCUT2D eigenvalue weighted by molar-refractivity contribution is 5.69. The van der Waals surface area contributed by atoms with E-state index in [2.05, 4.69) is 50.2 Å². The monoisotopic (exact) mass is 237 g/mol. The molecule has 0 heterocycles. The van der Waals surface area contributed by atoms with Crippen molar-refractivity contribution >= 4 is 0 Å². The highest BCUT2D eigenvalue weighted by Crippen LogP contribution is 2.33. The van der Waals surface area contributed by atoms with Gasteiger partial charge < -0.3 is 5.73 Å². The summed E-state index contributed by atoms with van der Waals surface area (Å²) in [7, 11) is 0. The normalized spacial score (nSPS) is 17.8. The Morgan fingerprint density at radius 3 is 2.67 bits per heavy atom. The SMILES string of the molecule is Cc1ccc(-c2ccc3c(c2)CCC3N)c(C)c1. The molecule has 92 valence electrons. The van der Waals surface area contributed by atoms with Crippen LogP contribution >= 0.6 is 0 Å². The zero-order valence-electron chi connectivity index (χ0n) is 11.0. The van der Waals surface area contributed by atoms with Crippen molar-refractivity contribution < 1.29 is 0 Å². The van der Waals surface area contributed by atoms with Crippen LogP contribution in [0, 0.1) is 13.8 Å². The second-order valence-corrected chi connectivity index (χ2v) is 5.38. The van der Waals surface area contributed by atoms with E-state index in [0.29, 0.717) is 0 Å². The third-order valence-electron chi connectivity index (χ3n) is 3.96. The van der Waals surface area contributed by atoms with Crippen LogP contribution in [0.15, 0.2) is 36.4 Å². The van der Waals surface area contributed by atoms with E-state index in [9.17, 15) is 0 Å². The largest absolute Gasteiger partial charge is 0.324 e. The van der Waals surface area contributed by atoms with E-state index < -0.39 is 0 Å². The Hall–Kier alpha value is -1.60. The molecule has 1 atom stereocenters. The fraction of sp³-hybridized carbons (Fsp3) is 0.294. The molecule has 2 aromatic carbocycles. The average molecular weight is 237 g/mol. The minimum Gasteiger partial charge on any atom is -0.324 e. The van der Waals surface area contributed by atoms with Crippen molar-refractivity contribution in [3.05, 3.63) is 58.7 Å². The molecule has 1 unspecified atom stereocenters. The molecule has 0 radical (unpaired) electrons. The molecule has 0 amide bonds. The Kier molecular flexibility index (Phi) is 2.71. The van der Waals surface area contributed by atoms with E-state index in [0.717, 1.165) is 12.8 Å². The summed E-state index contributed by atoms with van der Waals surface area (Å²) in [4.78, 5) is 0. The molecule has 3 rings (SSSR count). The molecule has 0 bridgehead atoms. The minimum atomic E-state index is 0.244. The van der Waals surface area contributed by atoms with Gasteiger partial charge >= 0.3 is 0 Å². The predicted molar refractivity (Wildman–Crippen MR) is 76.6 cm³/mol. The number of fused-ring (bicyclic) bond motifs is 1. The van der Waals surface area contributed by atoms with Gasteiger partial charge in [0.25, 0.3) is 0 Å². The van der Waals surface area contributed by atoms with Crippen molar-refractivity contribution in [2.45, 2.75) is 32.7 Å². The molecule has 18 heavy (non-hydrogen) atoms. The third kappa shape index (κ3) is 1.85. The molecule has 0 aliphatic heterocycles. The Morgan fingerprint density at radius 2 is 1.89 bits per heavy atom. The first-order chi connectivity index (χ1) is 8.65. The number of hydrogen-bond donors (Lipinski definition) is 1. The van der Waals surface area contributed by atoms with Crippen molar-refractivity contribution in [1.82, 2.24) is 0 Å². The van der Waals surface area contributed by atoms with Gasteiger partial charge in [0, 0.05) is 6.04 Å². The van der Waals surface area contributed by atoms with Gasteiger partial charge in [-0.15, -0.1) is 0 Å². The molecule has 1 heteroatoms. The van der Waals surface area contributed by atoms with Crippen LogP contribution in [0.2, 0.25) is 0 Å². The van der Waals surface area contributed by atoms with Gasteiger partial charge in [-0.3, -0.25) is 0 Å². The van der Waals surface area contributed by atoms with Crippen LogP contribution in [0.1, 0.15) is 34.7 Å². The maximum Gasteiger partial charge on any atom is 0.0300 e. The van der Waals surface area contributed by atoms with E-state index in [1.165, 1.54) is 33.4 Å². The number of hydrogen-bond acceptors (Lipinski definition) is 1. The second-order valence-electron chi connectivity index (χ2n) is 5.38. The summed E-state index contributed by atoms with van der Waals surface area (Å²) in [5.41, 5.74) is 14.2. The summed E-state index contributed by atoms with van der Waals surface area (Å²) < 4.78 is 0. The summed E-state index contributed by atoms with van der Waals surface area (Å²) in [6.45, 7) is 4.32. The highest BCUT2D eigenvalue weighted by atomic mass is 14.6. The van der Waals surface area contributed by atoms with Gasteiger partial charge in [0.15, 0.2) is 0 Å². The average Bonchev–Trinajstić information content (AvgIpc) is 2.71. The lowest BCUT2D eigenvalue weighted by molar-refractivity contribution is 0.713. The standard InChI is InChI=1S/C17H19N/c1-11-3-6-15(12(2)9-11)13-4-7-16-14(10-13)5-8-17(16)18/h3-4,6-7,9-10,17H,5,8,18H2,1-2H3. The molecule has 2 aromatic rings. The quantitative estimate of drug-likeness (QED) is 0.799. The van der Waals surface area contributed by atoms with Crippen LogP contribution in [0.5, 0.6) is 0 Å². The van der Waals surface area contributed by atoms with Gasteiger partial charge in [0.1, 0.15) is 0 Å². The Balaban J connectivity index is 2.08. The molecule has 0 saturated heterocycles.